The lowest BCUT2D eigenvalue weighted by Crippen LogP contribution is -2.35. The van der Waals surface area contributed by atoms with Gasteiger partial charge in [-0.15, -0.1) is 0 Å². The van der Waals surface area contributed by atoms with E-state index in [4.69, 9.17) is 9.47 Å². The topological polar surface area (TPSA) is 160 Å². The predicted molar refractivity (Wildman–Crippen MR) is 123 cm³/mol. The average Bonchev–Trinajstić information content (AvgIpc) is 3.21. The Labute approximate surface area is 246 Å². The molecule has 2 heterocycles. The number of ether oxygens (including phenoxy) is 2. The van der Waals surface area contributed by atoms with Crippen LogP contribution < -0.4 is 13.1 Å². The van der Waals surface area contributed by atoms with Gasteiger partial charge < -0.3 is 22.9 Å². The van der Waals surface area contributed by atoms with Crippen LogP contribution in [0.25, 0.3) is 0 Å². The van der Waals surface area contributed by atoms with Crippen LogP contribution in [-0.2, 0) is 30.6 Å². The van der Waals surface area contributed by atoms with E-state index in [1.165, 1.54) is 0 Å². The van der Waals surface area contributed by atoms with Crippen molar-refractivity contribution in [3.8, 4) is 23.0 Å². The van der Waals surface area contributed by atoms with Gasteiger partial charge in [-0.1, -0.05) is 0 Å². The van der Waals surface area contributed by atoms with Crippen LogP contribution in [0.5, 0.6) is 23.0 Å². The summed E-state index contributed by atoms with van der Waals surface area (Å²) in [5.74, 6) is -21.3. The van der Waals surface area contributed by atoms with E-state index < -0.39 is 123 Å². The highest BCUT2D eigenvalue weighted by atomic mass is 32.2. The van der Waals surface area contributed by atoms with E-state index in [0.29, 0.717) is 6.07 Å². The zero-order valence-electron chi connectivity index (χ0n) is 21.0. The number of fused-ring (bicyclic) bond motifs is 6. The van der Waals surface area contributed by atoms with Crippen LogP contribution in [0, 0.1) is 23.3 Å². The van der Waals surface area contributed by atoms with E-state index in [1.54, 1.807) is 0 Å². The second-order valence-electron chi connectivity index (χ2n) is 8.96. The van der Waals surface area contributed by atoms with Crippen LogP contribution in [-0.4, -0.2) is 44.9 Å². The molecule has 2 aliphatic rings. The maximum absolute atomic E-state index is 15.7. The molecule has 1 spiro atoms. The summed E-state index contributed by atoms with van der Waals surface area (Å²) in [6.07, 6.45) is 0. The van der Waals surface area contributed by atoms with Crippen LogP contribution in [0.1, 0.15) is 37.4 Å². The van der Waals surface area contributed by atoms with Gasteiger partial charge in [0.25, 0.3) is 0 Å². The van der Waals surface area contributed by atoms with Gasteiger partial charge in [0.15, 0.2) is 28.7 Å². The number of carboxylic acid groups (broad SMARTS) is 1. The number of hydrogen-bond donors (Lipinski definition) is 1. The SMILES string of the molecule is O=C(O)c1ccc2c(c1)C1(OC2=O)c2cc(F)c(OS(=O)(=O)C(F)(F)F)c(F)c2Oc2c1cc(F)c(OS(=O)(=O)C(F)(F)F)c2F. The summed E-state index contributed by atoms with van der Waals surface area (Å²) in [6, 6.07) is 1.97. The van der Waals surface area contributed by atoms with Crippen molar-refractivity contribution in [1.82, 2.24) is 0 Å². The molecule has 0 unspecified atom stereocenters. The fourth-order valence-electron chi connectivity index (χ4n) is 4.40. The van der Waals surface area contributed by atoms with E-state index in [-0.39, 0.29) is 12.1 Å². The van der Waals surface area contributed by atoms with Crippen molar-refractivity contribution < 1.29 is 93.3 Å². The molecule has 3 aromatic rings. The lowest BCUT2D eigenvalue weighted by Gasteiger charge is -2.37. The van der Waals surface area contributed by atoms with Crippen LogP contribution in [0.15, 0.2) is 30.3 Å². The first-order valence-electron chi connectivity index (χ1n) is 11.3. The predicted octanol–water partition coefficient (Wildman–Crippen LogP) is 4.97. The van der Waals surface area contributed by atoms with Gasteiger partial charge in [-0.25, -0.2) is 18.4 Å². The second-order valence-corrected chi connectivity index (χ2v) is 12.0. The fraction of sp³-hybridized carbons (Fsp3) is 0.130. The molecule has 46 heavy (non-hydrogen) atoms. The summed E-state index contributed by atoms with van der Waals surface area (Å²) >= 11 is 0. The van der Waals surface area contributed by atoms with Crippen LogP contribution >= 0.6 is 0 Å². The zero-order chi connectivity index (χ0) is 34.5. The number of alkyl halides is 6. The number of hydrogen-bond acceptors (Lipinski definition) is 10. The minimum absolute atomic E-state index is 0.0767. The number of halogens is 10. The highest BCUT2D eigenvalue weighted by Gasteiger charge is 2.58. The largest absolute Gasteiger partial charge is 0.534 e. The number of benzene rings is 3. The summed E-state index contributed by atoms with van der Waals surface area (Å²) in [5, 5.41) is 9.44. The number of carboxylic acids is 1. The van der Waals surface area contributed by atoms with E-state index in [0.717, 1.165) is 12.1 Å². The van der Waals surface area contributed by atoms with Gasteiger partial charge in [-0.3, -0.25) is 0 Å². The van der Waals surface area contributed by atoms with E-state index in [2.05, 4.69) is 8.37 Å². The number of rotatable bonds is 5. The summed E-state index contributed by atoms with van der Waals surface area (Å²) in [4.78, 5) is 24.5. The first kappa shape index (κ1) is 32.6. The van der Waals surface area contributed by atoms with Crippen molar-refractivity contribution in [1.29, 1.82) is 0 Å². The molecule has 246 valence electrons. The second kappa shape index (κ2) is 9.85. The lowest BCUT2D eigenvalue weighted by molar-refractivity contribution is -0.0506. The third kappa shape index (κ3) is 4.63. The Kier molecular flexibility index (Phi) is 6.98. The van der Waals surface area contributed by atoms with Crippen molar-refractivity contribution in [2.24, 2.45) is 0 Å². The van der Waals surface area contributed by atoms with Crippen LogP contribution in [0.4, 0.5) is 43.9 Å². The fourth-order valence-corrected chi connectivity index (χ4v) is 5.33. The molecule has 5 rings (SSSR count). The van der Waals surface area contributed by atoms with Gasteiger partial charge >= 0.3 is 43.2 Å². The minimum atomic E-state index is -6.84. The van der Waals surface area contributed by atoms with Crippen molar-refractivity contribution in [3.05, 3.63) is 81.4 Å². The molecular formula is C23H6F10O11S2. The van der Waals surface area contributed by atoms with E-state index in [9.17, 15) is 57.9 Å². The quantitative estimate of drug-likeness (QED) is 0.165. The molecule has 11 nitrogen and oxygen atoms in total. The summed E-state index contributed by atoms with van der Waals surface area (Å²) in [7, 11) is -13.7. The molecule has 0 radical (unpaired) electrons. The Morgan fingerprint density at radius 1 is 0.739 bits per heavy atom. The molecule has 0 atom stereocenters. The zero-order valence-corrected chi connectivity index (χ0v) is 22.6. The molecule has 1 N–H and O–H groups in total. The molecule has 0 saturated carbocycles. The molecular weight excluding hydrogens is 706 g/mol. The summed E-state index contributed by atoms with van der Waals surface area (Å²) in [6.45, 7) is 0. The number of carbonyl (C=O) groups is 2. The molecule has 0 fully saturated rings. The normalized spacial score (nSPS) is 15.4. The number of aromatic carboxylic acids is 1. The highest BCUT2D eigenvalue weighted by Crippen LogP contribution is 2.59. The van der Waals surface area contributed by atoms with Gasteiger partial charge in [0.05, 0.1) is 22.3 Å². The molecule has 0 aliphatic carbocycles. The number of esters is 1. The van der Waals surface area contributed by atoms with E-state index in [1.807, 2.05) is 0 Å². The molecule has 2 aliphatic heterocycles. The van der Waals surface area contributed by atoms with Crippen LogP contribution in [0.2, 0.25) is 0 Å². The van der Waals surface area contributed by atoms with Gasteiger partial charge in [0.2, 0.25) is 23.1 Å². The smallest absolute Gasteiger partial charge is 0.478 e. The Balaban J connectivity index is 1.89. The first-order valence-corrected chi connectivity index (χ1v) is 14.1. The van der Waals surface area contributed by atoms with Crippen molar-refractivity contribution in [2.45, 2.75) is 16.6 Å². The van der Waals surface area contributed by atoms with Crippen molar-refractivity contribution >= 4 is 32.2 Å². The Hall–Kier alpha value is -4.80. The van der Waals surface area contributed by atoms with Crippen LogP contribution in [0.3, 0.4) is 0 Å². The third-order valence-corrected chi connectivity index (χ3v) is 8.20. The molecule has 0 amide bonds. The van der Waals surface area contributed by atoms with Gasteiger partial charge in [0.1, 0.15) is 0 Å². The van der Waals surface area contributed by atoms with Crippen molar-refractivity contribution in [3.63, 3.8) is 0 Å². The molecule has 0 saturated heterocycles. The van der Waals surface area contributed by atoms with E-state index >= 15 is 17.6 Å². The first-order chi connectivity index (χ1) is 20.9. The maximum atomic E-state index is 15.7. The van der Waals surface area contributed by atoms with Gasteiger partial charge in [0, 0.05) is 5.56 Å². The summed E-state index contributed by atoms with van der Waals surface area (Å²) < 4.78 is 202. The van der Waals surface area contributed by atoms with Crippen molar-refractivity contribution in [2.75, 3.05) is 0 Å². The Bertz CT molecular complexity index is 2000. The maximum Gasteiger partial charge on any atom is 0.534 e. The third-order valence-electron chi connectivity index (χ3n) is 6.29. The molecule has 0 bridgehead atoms. The Morgan fingerprint density at radius 2 is 1.17 bits per heavy atom. The lowest BCUT2D eigenvalue weighted by atomic mass is 9.77. The Morgan fingerprint density at radius 3 is 1.57 bits per heavy atom. The minimum Gasteiger partial charge on any atom is -0.478 e. The van der Waals surface area contributed by atoms with Gasteiger partial charge in [-0.2, -0.15) is 52.0 Å². The monoisotopic (exact) mass is 712 g/mol. The standard InChI is InChI=1S/C23H6F10O11S2/c24-11-4-9-15(13(26)17(11)43-45(37,38)22(28,29)30)41-16-10(5-12(25)18(14(16)27)44-46(39,40)23(31,32)33)21(9)8-3-6(19(34)35)1-2-7(8)20(36)42-21/h1-5H,(H,34,35). The summed E-state index contributed by atoms with van der Waals surface area (Å²) in [5.41, 5.74) is -20.4. The molecule has 3 aromatic carbocycles. The molecule has 0 aromatic heterocycles. The average molecular weight is 712 g/mol. The van der Waals surface area contributed by atoms with Gasteiger partial charge in [-0.05, 0) is 30.3 Å². The number of carbonyl (C=O) groups excluding carboxylic acids is 1. The highest BCUT2D eigenvalue weighted by molar-refractivity contribution is 7.88. The molecule has 23 heteroatoms.